The molecule has 1 aromatic heterocycles. The second-order valence-electron chi connectivity index (χ2n) is 3.14. The Labute approximate surface area is 83.1 Å². The van der Waals surface area contributed by atoms with Crippen LogP contribution in [0.3, 0.4) is 0 Å². The van der Waals surface area contributed by atoms with Gasteiger partial charge in [-0.25, -0.2) is 5.06 Å². The van der Waals surface area contributed by atoms with Crippen LogP contribution < -0.4 is 0 Å². The van der Waals surface area contributed by atoms with Crippen molar-refractivity contribution in [2.24, 2.45) is 0 Å². The zero-order chi connectivity index (χ0) is 10.4. The van der Waals surface area contributed by atoms with Crippen LogP contribution in [0.4, 0.5) is 0 Å². The van der Waals surface area contributed by atoms with Crippen molar-refractivity contribution >= 4 is 6.41 Å². The zero-order valence-electron chi connectivity index (χ0n) is 8.18. The maximum Gasteiger partial charge on any atom is 0.233 e. The third kappa shape index (κ3) is 3.53. The van der Waals surface area contributed by atoms with Crippen LogP contribution in [0.25, 0.3) is 0 Å². The fourth-order valence-electron chi connectivity index (χ4n) is 1.21. The van der Waals surface area contributed by atoms with E-state index in [4.69, 9.17) is 5.21 Å². The number of aryl methyl sites for hydroxylation is 2. The lowest BCUT2D eigenvalue weighted by Gasteiger charge is -2.07. The average Bonchev–Trinajstić information content (AvgIpc) is 2.17. The van der Waals surface area contributed by atoms with Gasteiger partial charge in [-0.15, -0.1) is 0 Å². The predicted octanol–water partition coefficient (Wildman–Crippen LogP) is 1.17. The maximum atomic E-state index is 10.1. The van der Waals surface area contributed by atoms with Crippen molar-refractivity contribution in [1.82, 2.24) is 10.0 Å². The van der Waals surface area contributed by atoms with E-state index < -0.39 is 0 Å². The zero-order valence-corrected chi connectivity index (χ0v) is 8.18. The number of pyridine rings is 1. The van der Waals surface area contributed by atoms with Crippen molar-refractivity contribution in [2.75, 3.05) is 6.54 Å². The van der Waals surface area contributed by atoms with Crippen LogP contribution in [0, 0.1) is 6.92 Å². The van der Waals surface area contributed by atoms with Gasteiger partial charge in [-0.2, -0.15) is 0 Å². The quantitative estimate of drug-likeness (QED) is 0.435. The first-order chi connectivity index (χ1) is 6.72. The van der Waals surface area contributed by atoms with Crippen molar-refractivity contribution in [1.29, 1.82) is 0 Å². The first-order valence-electron chi connectivity index (χ1n) is 4.55. The van der Waals surface area contributed by atoms with Crippen LogP contribution in [0.2, 0.25) is 0 Å². The maximum absolute atomic E-state index is 10.1. The molecule has 0 atom stereocenters. The molecule has 0 saturated carbocycles. The van der Waals surface area contributed by atoms with E-state index in [-0.39, 0.29) is 0 Å². The number of aromatic nitrogens is 1. The van der Waals surface area contributed by atoms with Crippen LogP contribution >= 0.6 is 0 Å². The van der Waals surface area contributed by atoms with Gasteiger partial charge in [-0.1, -0.05) is 6.07 Å². The molecule has 0 aliphatic rings. The molecule has 1 heterocycles. The van der Waals surface area contributed by atoms with Crippen LogP contribution in [0.15, 0.2) is 18.2 Å². The monoisotopic (exact) mass is 194 g/mol. The van der Waals surface area contributed by atoms with Gasteiger partial charge in [0.15, 0.2) is 0 Å². The molecule has 14 heavy (non-hydrogen) atoms. The summed E-state index contributed by atoms with van der Waals surface area (Å²) < 4.78 is 0. The fraction of sp³-hybridized carbons (Fsp3) is 0.400. The summed E-state index contributed by atoms with van der Waals surface area (Å²) in [5.41, 5.74) is 1.98. The molecular weight excluding hydrogens is 180 g/mol. The lowest BCUT2D eigenvalue weighted by molar-refractivity contribution is -0.149. The molecule has 0 aliphatic carbocycles. The second kappa shape index (κ2) is 5.34. The fourth-order valence-corrected chi connectivity index (χ4v) is 1.21. The van der Waals surface area contributed by atoms with E-state index in [1.807, 2.05) is 25.1 Å². The van der Waals surface area contributed by atoms with Crippen molar-refractivity contribution in [3.05, 3.63) is 29.6 Å². The van der Waals surface area contributed by atoms with E-state index in [9.17, 15) is 4.79 Å². The van der Waals surface area contributed by atoms with Gasteiger partial charge in [0.2, 0.25) is 6.41 Å². The summed E-state index contributed by atoms with van der Waals surface area (Å²) in [6.45, 7) is 2.28. The first kappa shape index (κ1) is 10.7. The Bertz CT molecular complexity index is 302. The summed E-state index contributed by atoms with van der Waals surface area (Å²) in [7, 11) is 0. The molecule has 0 fully saturated rings. The minimum Gasteiger partial charge on any atom is -0.286 e. The number of rotatable bonds is 5. The summed E-state index contributed by atoms with van der Waals surface area (Å²) in [6, 6.07) is 5.83. The Morgan fingerprint density at radius 3 is 3.00 bits per heavy atom. The standard InChI is InChI=1S/C10H14N2O2/c1-9-4-2-5-10(11-9)6-3-7-12(14)8-13/h2,4-5,8,14H,3,6-7H2,1H3. The molecule has 1 amide bonds. The molecule has 4 nitrogen and oxygen atoms in total. The van der Waals surface area contributed by atoms with E-state index in [2.05, 4.69) is 4.98 Å². The Morgan fingerprint density at radius 2 is 2.36 bits per heavy atom. The predicted molar refractivity (Wildman–Crippen MR) is 51.9 cm³/mol. The lowest BCUT2D eigenvalue weighted by Crippen LogP contribution is -2.18. The molecule has 4 heteroatoms. The molecule has 0 aliphatic heterocycles. The van der Waals surface area contributed by atoms with Crippen LogP contribution in [0.1, 0.15) is 17.8 Å². The highest BCUT2D eigenvalue weighted by Crippen LogP contribution is 2.01. The minimum atomic E-state index is 0.346. The topological polar surface area (TPSA) is 53.4 Å². The number of carbonyl (C=O) groups excluding carboxylic acids is 1. The summed E-state index contributed by atoms with van der Waals surface area (Å²) in [5.74, 6) is 0. The number of carbonyl (C=O) groups is 1. The Kier molecular flexibility index (Phi) is 4.07. The van der Waals surface area contributed by atoms with Crippen molar-refractivity contribution in [3.63, 3.8) is 0 Å². The number of amides is 1. The van der Waals surface area contributed by atoms with Gasteiger partial charge in [0, 0.05) is 17.9 Å². The van der Waals surface area contributed by atoms with E-state index in [1.54, 1.807) is 0 Å². The van der Waals surface area contributed by atoms with Gasteiger partial charge in [0.1, 0.15) is 0 Å². The lowest BCUT2D eigenvalue weighted by atomic mass is 10.2. The van der Waals surface area contributed by atoms with Gasteiger partial charge < -0.3 is 0 Å². The van der Waals surface area contributed by atoms with E-state index >= 15 is 0 Å². The van der Waals surface area contributed by atoms with Crippen molar-refractivity contribution in [3.8, 4) is 0 Å². The molecule has 0 spiro atoms. The summed E-state index contributed by atoms with van der Waals surface area (Å²) in [6.07, 6.45) is 1.89. The van der Waals surface area contributed by atoms with Crippen LogP contribution in [-0.2, 0) is 11.2 Å². The molecular formula is C10H14N2O2. The Balaban J connectivity index is 2.34. The van der Waals surface area contributed by atoms with E-state index in [0.717, 1.165) is 17.8 Å². The number of hydrogen-bond acceptors (Lipinski definition) is 3. The average molecular weight is 194 g/mol. The van der Waals surface area contributed by atoms with Gasteiger partial charge >= 0.3 is 0 Å². The number of hydroxylamine groups is 2. The van der Waals surface area contributed by atoms with Crippen LogP contribution in [0.5, 0.6) is 0 Å². The molecule has 0 unspecified atom stereocenters. The van der Waals surface area contributed by atoms with Gasteiger partial charge in [0.25, 0.3) is 0 Å². The number of nitrogens with zero attached hydrogens (tertiary/aromatic N) is 2. The molecule has 1 rings (SSSR count). The largest absolute Gasteiger partial charge is 0.286 e. The van der Waals surface area contributed by atoms with Crippen LogP contribution in [-0.4, -0.2) is 28.2 Å². The molecule has 1 N–H and O–H groups in total. The van der Waals surface area contributed by atoms with Gasteiger partial charge in [0.05, 0.1) is 0 Å². The first-order valence-corrected chi connectivity index (χ1v) is 4.55. The minimum absolute atomic E-state index is 0.346. The Morgan fingerprint density at radius 1 is 1.57 bits per heavy atom. The van der Waals surface area contributed by atoms with Gasteiger partial charge in [-0.3, -0.25) is 15.0 Å². The van der Waals surface area contributed by atoms with Crippen molar-refractivity contribution < 1.29 is 10.0 Å². The molecule has 0 saturated heterocycles. The molecule has 0 bridgehead atoms. The highest BCUT2D eigenvalue weighted by atomic mass is 16.5. The highest BCUT2D eigenvalue weighted by molar-refractivity contribution is 5.44. The molecule has 0 radical (unpaired) electrons. The van der Waals surface area contributed by atoms with E-state index in [1.165, 1.54) is 0 Å². The third-order valence-corrected chi connectivity index (χ3v) is 1.89. The van der Waals surface area contributed by atoms with E-state index in [0.29, 0.717) is 24.4 Å². The number of hydrogen-bond donors (Lipinski definition) is 1. The summed E-state index contributed by atoms with van der Waals surface area (Å²) in [5, 5.41) is 9.48. The van der Waals surface area contributed by atoms with Gasteiger partial charge in [-0.05, 0) is 31.9 Å². The molecule has 76 valence electrons. The normalized spacial score (nSPS) is 9.86. The summed E-state index contributed by atoms with van der Waals surface area (Å²) in [4.78, 5) is 14.4. The smallest absolute Gasteiger partial charge is 0.233 e. The highest BCUT2D eigenvalue weighted by Gasteiger charge is 1.98. The third-order valence-electron chi connectivity index (χ3n) is 1.89. The Hall–Kier alpha value is -1.42. The van der Waals surface area contributed by atoms with Crippen molar-refractivity contribution in [2.45, 2.75) is 19.8 Å². The second-order valence-corrected chi connectivity index (χ2v) is 3.14. The molecule has 1 aromatic rings. The molecule has 0 aromatic carbocycles. The SMILES string of the molecule is Cc1cccc(CCCN(O)C=O)n1. The summed E-state index contributed by atoms with van der Waals surface area (Å²) >= 11 is 0.